The lowest BCUT2D eigenvalue weighted by Gasteiger charge is -2.11. The third kappa shape index (κ3) is 3.10. The molecule has 0 saturated carbocycles. The van der Waals surface area contributed by atoms with Crippen molar-refractivity contribution in [1.29, 1.82) is 0 Å². The Morgan fingerprint density at radius 3 is 2.63 bits per heavy atom. The molecule has 1 aromatic carbocycles. The second-order valence-corrected chi connectivity index (χ2v) is 6.85. The first-order valence-corrected chi connectivity index (χ1v) is 8.06. The summed E-state index contributed by atoms with van der Waals surface area (Å²) in [7, 11) is -2.20. The lowest BCUT2D eigenvalue weighted by molar-refractivity contribution is 0.412. The van der Waals surface area contributed by atoms with Gasteiger partial charge in [-0.15, -0.1) is 0 Å². The second kappa shape index (κ2) is 5.51. The summed E-state index contributed by atoms with van der Waals surface area (Å²) in [6.07, 6.45) is 1.37. The molecule has 0 bridgehead atoms. The van der Waals surface area contributed by atoms with Crippen LogP contribution in [0, 0.1) is 0 Å². The molecule has 0 radical (unpaired) electrons. The van der Waals surface area contributed by atoms with Crippen LogP contribution in [-0.2, 0) is 10.0 Å². The molecule has 2 N–H and O–H groups in total. The molecule has 1 aromatic heterocycles. The van der Waals surface area contributed by atoms with Crippen LogP contribution >= 0.6 is 31.9 Å². The van der Waals surface area contributed by atoms with Crippen molar-refractivity contribution in [1.82, 2.24) is 10.2 Å². The number of hydrogen-bond donors (Lipinski definition) is 2. The molecule has 2 rings (SSSR count). The minimum absolute atomic E-state index is 0.0127. The van der Waals surface area contributed by atoms with Gasteiger partial charge in [-0.25, -0.2) is 0 Å². The molecule has 0 unspecified atom stereocenters. The van der Waals surface area contributed by atoms with Gasteiger partial charge in [0, 0.05) is 10.5 Å². The summed E-state index contributed by atoms with van der Waals surface area (Å²) in [4.78, 5) is 0. The standard InChI is InChI=1S/C10H9Br2N3O3S/c1-18-9-5-8(6(11)4-7(9)12)15-19(16,17)10-2-3-13-14-10/h2-5,15H,1H3,(H,13,14). The zero-order valence-electron chi connectivity index (χ0n) is 9.65. The van der Waals surface area contributed by atoms with E-state index in [2.05, 4.69) is 46.8 Å². The van der Waals surface area contributed by atoms with Crippen LogP contribution in [0.5, 0.6) is 5.75 Å². The van der Waals surface area contributed by atoms with Gasteiger partial charge in [-0.05, 0) is 44.0 Å². The fourth-order valence-electron chi connectivity index (χ4n) is 1.36. The molecule has 0 saturated heterocycles. The predicted octanol–water partition coefficient (Wildman–Crippen LogP) is 2.74. The molecule has 19 heavy (non-hydrogen) atoms. The van der Waals surface area contributed by atoms with E-state index in [0.717, 1.165) is 0 Å². The van der Waals surface area contributed by atoms with E-state index in [1.807, 2.05) is 0 Å². The van der Waals surface area contributed by atoms with Crippen LogP contribution in [0.25, 0.3) is 0 Å². The molecule has 6 nitrogen and oxygen atoms in total. The number of aromatic amines is 1. The van der Waals surface area contributed by atoms with Crippen LogP contribution in [0.1, 0.15) is 0 Å². The van der Waals surface area contributed by atoms with Crippen LogP contribution < -0.4 is 9.46 Å². The second-order valence-electron chi connectivity index (χ2n) is 3.49. The Balaban J connectivity index is 2.39. The molecule has 2 aromatic rings. The third-order valence-corrected chi connectivity index (χ3v) is 4.82. The summed E-state index contributed by atoms with van der Waals surface area (Å²) in [5.41, 5.74) is 0.370. The number of sulfonamides is 1. The Hall–Kier alpha value is -1.06. The van der Waals surface area contributed by atoms with Crippen LogP contribution in [0.15, 0.2) is 38.4 Å². The molecule has 0 aliphatic heterocycles. The number of ether oxygens (including phenoxy) is 1. The Bertz CT molecular complexity index is 686. The summed E-state index contributed by atoms with van der Waals surface area (Å²) in [6, 6.07) is 4.64. The number of H-pyrrole nitrogens is 1. The van der Waals surface area contributed by atoms with Crippen molar-refractivity contribution in [2.24, 2.45) is 0 Å². The van der Waals surface area contributed by atoms with Gasteiger partial charge < -0.3 is 4.74 Å². The maximum atomic E-state index is 12.0. The number of halogens is 2. The van der Waals surface area contributed by atoms with Crippen molar-refractivity contribution in [2.75, 3.05) is 11.8 Å². The molecular weight excluding hydrogens is 402 g/mol. The number of methoxy groups -OCH3 is 1. The molecule has 9 heteroatoms. The van der Waals surface area contributed by atoms with E-state index < -0.39 is 10.0 Å². The van der Waals surface area contributed by atoms with Gasteiger partial charge in [0.05, 0.1) is 23.5 Å². The van der Waals surface area contributed by atoms with Gasteiger partial charge in [-0.3, -0.25) is 9.82 Å². The number of rotatable bonds is 4. The fraction of sp³-hybridized carbons (Fsp3) is 0.100. The molecule has 0 atom stereocenters. The van der Waals surface area contributed by atoms with Crippen molar-refractivity contribution in [3.05, 3.63) is 33.3 Å². The number of aromatic nitrogens is 2. The zero-order chi connectivity index (χ0) is 14.0. The van der Waals surface area contributed by atoms with Crippen molar-refractivity contribution in [2.45, 2.75) is 5.03 Å². The van der Waals surface area contributed by atoms with Gasteiger partial charge in [-0.2, -0.15) is 13.5 Å². The van der Waals surface area contributed by atoms with Gasteiger partial charge in [-0.1, -0.05) is 0 Å². The Kier molecular flexibility index (Phi) is 4.16. The van der Waals surface area contributed by atoms with Crippen molar-refractivity contribution in [3.8, 4) is 5.75 Å². The van der Waals surface area contributed by atoms with E-state index in [1.54, 1.807) is 12.1 Å². The minimum Gasteiger partial charge on any atom is -0.495 e. The first kappa shape index (κ1) is 14.4. The summed E-state index contributed by atoms with van der Waals surface area (Å²) in [5, 5.41) is 6.00. The first-order valence-electron chi connectivity index (χ1n) is 4.99. The van der Waals surface area contributed by atoms with Crippen LogP contribution in [-0.4, -0.2) is 25.7 Å². The molecule has 1 heterocycles. The summed E-state index contributed by atoms with van der Waals surface area (Å²) < 4.78 is 33.0. The quantitative estimate of drug-likeness (QED) is 0.811. The predicted molar refractivity (Wildman–Crippen MR) is 77.8 cm³/mol. The molecule has 0 aliphatic carbocycles. The van der Waals surface area contributed by atoms with Gasteiger partial charge in [0.1, 0.15) is 5.75 Å². The van der Waals surface area contributed by atoms with E-state index in [4.69, 9.17) is 4.74 Å². The largest absolute Gasteiger partial charge is 0.495 e. The lowest BCUT2D eigenvalue weighted by Crippen LogP contribution is -2.14. The van der Waals surface area contributed by atoms with E-state index >= 15 is 0 Å². The van der Waals surface area contributed by atoms with E-state index in [9.17, 15) is 8.42 Å². The van der Waals surface area contributed by atoms with Crippen molar-refractivity contribution in [3.63, 3.8) is 0 Å². The minimum atomic E-state index is -3.70. The zero-order valence-corrected chi connectivity index (χ0v) is 13.6. The molecular formula is C10H9Br2N3O3S. The lowest BCUT2D eigenvalue weighted by atomic mass is 10.3. The smallest absolute Gasteiger partial charge is 0.278 e. The number of nitrogens with one attached hydrogen (secondary N) is 2. The van der Waals surface area contributed by atoms with E-state index in [-0.39, 0.29) is 5.03 Å². The first-order chi connectivity index (χ1) is 8.94. The Morgan fingerprint density at radius 2 is 2.05 bits per heavy atom. The number of hydrogen-bond acceptors (Lipinski definition) is 4. The topological polar surface area (TPSA) is 84.1 Å². The van der Waals surface area contributed by atoms with Crippen LogP contribution in [0.2, 0.25) is 0 Å². The van der Waals surface area contributed by atoms with E-state index in [1.165, 1.54) is 19.4 Å². The van der Waals surface area contributed by atoms with Gasteiger partial charge in [0.25, 0.3) is 10.0 Å². The van der Waals surface area contributed by atoms with Crippen molar-refractivity contribution >= 4 is 47.6 Å². The number of nitrogens with zero attached hydrogens (tertiary/aromatic N) is 1. The number of anilines is 1. The SMILES string of the molecule is COc1cc(NS(=O)(=O)c2ccn[nH]2)c(Br)cc1Br. The number of benzene rings is 1. The monoisotopic (exact) mass is 409 g/mol. The van der Waals surface area contributed by atoms with E-state index in [0.29, 0.717) is 20.4 Å². The maximum absolute atomic E-state index is 12.0. The van der Waals surface area contributed by atoms with Gasteiger partial charge >= 0.3 is 0 Å². The van der Waals surface area contributed by atoms with Crippen LogP contribution in [0.3, 0.4) is 0 Å². The summed E-state index contributed by atoms with van der Waals surface area (Å²) >= 11 is 6.60. The maximum Gasteiger partial charge on any atom is 0.278 e. The average Bonchev–Trinajstić information content (AvgIpc) is 2.87. The van der Waals surface area contributed by atoms with Gasteiger partial charge in [0.2, 0.25) is 0 Å². The third-order valence-electron chi connectivity index (χ3n) is 2.25. The fourth-order valence-corrected chi connectivity index (χ4v) is 3.72. The highest BCUT2D eigenvalue weighted by Crippen LogP contribution is 2.35. The summed E-state index contributed by atoms with van der Waals surface area (Å²) in [6.45, 7) is 0. The highest BCUT2D eigenvalue weighted by molar-refractivity contribution is 9.11. The normalized spacial score (nSPS) is 11.3. The molecule has 0 fully saturated rings. The average molecular weight is 411 g/mol. The summed E-state index contributed by atoms with van der Waals surface area (Å²) in [5.74, 6) is 0.519. The highest BCUT2D eigenvalue weighted by atomic mass is 79.9. The molecule has 102 valence electrons. The highest BCUT2D eigenvalue weighted by Gasteiger charge is 2.18. The Morgan fingerprint density at radius 1 is 1.32 bits per heavy atom. The molecule has 0 spiro atoms. The van der Waals surface area contributed by atoms with Gasteiger partial charge in [0.15, 0.2) is 5.03 Å². The molecule has 0 aliphatic rings. The molecule has 0 amide bonds. The Labute approximate surface area is 126 Å². The van der Waals surface area contributed by atoms with Crippen molar-refractivity contribution < 1.29 is 13.2 Å². The van der Waals surface area contributed by atoms with Crippen LogP contribution in [0.4, 0.5) is 5.69 Å².